The third-order valence-corrected chi connectivity index (χ3v) is 6.29. The van der Waals surface area contributed by atoms with Gasteiger partial charge in [0.2, 0.25) is 5.88 Å². The predicted molar refractivity (Wildman–Crippen MR) is 78.8 cm³/mol. The van der Waals surface area contributed by atoms with E-state index in [0.717, 1.165) is 12.3 Å². The number of ether oxygens (including phenoxy) is 1. The molecule has 0 aromatic carbocycles. The first kappa shape index (κ1) is 14.2. The molecule has 3 unspecified atom stereocenters. The number of pyridine rings is 1. The van der Waals surface area contributed by atoms with Crippen LogP contribution in [0.15, 0.2) is 12.3 Å². The maximum Gasteiger partial charge on any atom is 0.232 e. The van der Waals surface area contributed by atoms with Gasteiger partial charge < -0.3 is 9.84 Å². The van der Waals surface area contributed by atoms with Crippen LogP contribution in [0.3, 0.4) is 0 Å². The van der Waals surface area contributed by atoms with Gasteiger partial charge in [0.25, 0.3) is 0 Å². The maximum absolute atomic E-state index is 9.09. The largest absolute Gasteiger partial charge is 0.473 e. The average Bonchev–Trinajstić information content (AvgIpc) is 2.74. The average molecular weight is 296 g/mol. The number of rotatable bonds is 3. The Morgan fingerprint density at radius 3 is 2.70 bits per heavy atom. The molecular formula is C16H22ClNO2. The fourth-order valence-electron chi connectivity index (χ4n) is 4.08. The zero-order valence-electron chi connectivity index (χ0n) is 12.3. The van der Waals surface area contributed by atoms with Crippen molar-refractivity contribution in [1.82, 2.24) is 4.98 Å². The van der Waals surface area contributed by atoms with E-state index < -0.39 is 0 Å². The van der Waals surface area contributed by atoms with E-state index in [9.17, 15) is 0 Å². The van der Waals surface area contributed by atoms with Crippen molar-refractivity contribution in [3.05, 3.63) is 22.8 Å². The first-order valence-electron chi connectivity index (χ1n) is 7.30. The third-order valence-electron chi connectivity index (χ3n) is 6.01. The highest BCUT2D eigenvalue weighted by atomic mass is 35.5. The number of halogens is 1. The highest BCUT2D eigenvalue weighted by Gasteiger charge is 2.62. The van der Waals surface area contributed by atoms with E-state index in [4.69, 9.17) is 21.4 Å². The number of fused-ring (bicyclic) bond motifs is 2. The highest BCUT2D eigenvalue weighted by Crippen LogP contribution is 2.66. The number of hydrogen-bond acceptors (Lipinski definition) is 3. The molecule has 1 aromatic heterocycles. The van der Waals surface area contributed by atoms with E-state index in [-0.39, 0.29) is 18.1 Å². The lowest BCUT2D eigenvalue weighted by Gasteiger charge is -2.38. The summed E-state index contributed by atoms with van der Waals surface area (Å²) in [5, 5.41) is 9.58. The summed E-state index contributed by atoms with van der Waals surface area (Å²) in [5.41, 5.74) is 1.22. The van der Waals surface area contributed by atoms with Gasteiger partial charge in [-0.25, -0.2) is 4.98 Å². The Bertz CT molecular complexity index is 531. The summed E-state index contributed by atoms with van der Waals surface area (Å²) in [6.07, 6.45) is 5.40. The summed E-state index contributed by atoms with van der Waals surface area (Å²) in [7, 11) is 0. The van der Waals surface area contributed by atoms with Gasteiger partial charge >= 0.3 is 0 Å². The second-order valence-electron chi connectivity index (χ2n) is 7.01. The molecule has 0 amide bonds. The molecule has 3 atom stereocenters. The molecule has 2 bridgehead atoms. The van der Waals surface area contributed by atoms with Crippen LogP contribution in [0.5, 0.6) is 5.88 Å². The summed E-state index contributed by atoms with van der Waals surface area (Å²) >= 11 is 6.21. The van der Waals surface area contributed by atoms with Crippen molar-refractivity contribution in [3.63, 3.8) is 0 Å². The molecule has 2 aliphatic rings. The number of aliphatic hydroxyl groups is 1. The van der Waals surface area contributed by atoms with Crippen molar-refractivity contribution < 1.29 is 9.84 Å². The van der Waals surface area contributed by atoms with Crippen LogP contribution in [0.4, 0.5) is 0 Å². The molecule has 1 heterocycles. The van der Waals surface area contributed by atoms with Gasteiger partial charge in [0.05, 0.1) is 6.61 Å². The zero-order valence-corrected chi connectivity index (χ0v) is 13.1. The molecule has 0 spiro atoms. The SMILES string of the molecule is CC1(C)C2CCC1(C)C(Oc1ncc(CO)cc1Cl)C2. The van der Waals surface area contributed by atoms with Crippen LogP contribution in [-0.2, 0) is 6.61 Å². The van der Waals surface area contributed by atoms with Crippen molar-refractivity contribution in [2.45, 2.75) is 52.7 Å². The third kappa shape index (κ3) is 1.86. The van der Waals surface area contributed by atoms with Gasteiger partial charge in [0, 0.05) is 11.6 Å². The van der Waals surface area contributed by atoms with Crippen molar-refractivity contribution in [1.29, 1.82) is 0 Å². The summed E-state index contributed by atoms with van der Waals surface area (Å²) in [6, 6.07) is 1.73. The predicted octanol–water partition coefficient (Wildman–Crippen LogP) is 3.82. The summed E-state index contributed by atoms with van der Waals surface area (Å²) in [4.78, 5) is 4.26. The normalized spacial score (nSPS) is 34.5. The van der Waals surface area contributed by atoms with E-state index in [1.165, 1.54) is 12.8 Å². The highest BCUT2D eigenvalue weighted by molar-refractivity contribution is 6.31. The van der Waals surface area contributed by atoms with E-state index >= 15 is 0 Å². The Morgan fingerprint density at radius 1 is 1.45 bits per heavy atom. The molecule has 4 heteroatoms. The second-order valence-corrected chi connectivity index (χ2v) is 7.41. The smallest absolute Gasteiger partial charge is 0.232 e. The van der Waals surface area contributed by atoms with Gasteiger partial charge in [0.1, 0.15) is 11.1 Å². The van der Waals surface area contributed by atoms with Gasteiger partial charge in [-0.3, -0.25) is 0 Å². The zero-order chi connectivity index (χ0) is 14.5. The molecule has 2 saturated carbocycles. The standard InChI is InChI=1S/C16H22ClNO2/c1-15(2)11-4-5-16(15,3)13(7-11)20-14-12(17)6-10(9-19)8-18-14/h6,8,11,13,19H,4-5,7,9H2,1-3H3. The number of hydrogen-bond donors (Lipinski definition) is 1. The van der Waals surface area contributed by atoms with Gasteiger partial charge in [-0.2, -0.15) is 0 Å². The van der Waals surface area contributed by atoms with Crippen molar-refractivity contribution in [2.75, 3.05) is 0 Å². The van der Waals surface area contributed by atoms with Crippen LogP contribution in [0, 0.1) is 16.7 Å². The second kappa shape index (κ2) is 4.60. The molecule has 110 valence electrons. The molecule has 0 saturated heterocycles. The molecule has 1 aromatic rings. The van der Waals surface area contributed by atoms with Gasteiger partial charge in [-0.05, 0) is 42.2 Å². The number of aromatic nitrogens is 1. The quantitative estimate of drug-likeness (QED) is 0.922. The number of nitrogens with zero attached hydrogens (tertiary/aromatic N) is 1. The van der Waals surface area contributed by atoms with Crippen LogP contribution in [-0.4, -0.2) is 16.2 Å². The first-order valence-corrected chi connectivity index (χ1v) is 7.68. The van der Waals surface area contributed by atoms with Crippen LogP contribution in [0.2, 0.25) is 5.02 Å². The summed E-state index contributed by atoms with van der Waals surface area (Å²) < 4.78 is 6.15. The minimum atomic E-state index is -0.0523. The van der Waals surface area contributed by atoms with Crippen LogP contribution < -0.4 is 4.74 Å². The molecule has 3 rings (SSSR count). The fraction of sp³-hybridized carbons (Fsp3) is 0.688. The molecule has 1 N–H and O–H groups in total. The van der Waals surface area contributed by atoms with Gasteiger partial charge in [0.15, 0.2) is 0 Å². The summed E-state index contributed by atoms with van der Waals surface area (Å²) in [5.74, 6) is 1.23. The maximum atomic E-state index is 9.09. The van der Waals surface area contributed by atoms with E-state index in [2.05, 4.69) is 25.8 Å². The van der Waals surface area contributed by atoms with Crippen molar-refractivity contribution in [3.8, 4) is 5.88 Å². The van der Waals surface area contributed by atoms with Gasteiger partial charge in [-0.15, -0.1) is 0 Å². The van der Waals surface area contributed by atoms with Gasteiger partial charge in [-0.1, -0.05) is 32.4 Å². The van der Waals surface area contributed by atoms with E-state index in [0.29, 0.717) is 21.9 Å². The monoisotopic (exact) mass is 295 g/mol. The number of aliphatic hydroxyl groups excluding tert-OH is 1. The van der Waals surface area contributed by atoms with Crippen molar-refractivity contribution in [2.24, 2.45) is 16.7 Å². The Kier molecular flexibility index (Phi) is 3.26. The lowest BCUT2D eigenvalue weighted by molar-refractivity contribution is 0.0273. The Labute approximate surface area is 125 Å². The van der Waals surface area contributed by atoms with Crippen LogP contribution in [0.1, 0.15) is 45.6 Å². The Morgan fingerprint density at radius 2 is 2.20 bits per heavy atom. The summed E-state index contributed by atoms with van der Waals surface area (Å²) in [6.45, 7) is 7.00. The fourth-order valence-corrected chi connectivity index (χ4v) is 4.31. The van der Waals surface area contributed by atoms with Crippen molar-refractivity contribution >= 4 is 11.6 Å². The lowest BCUT2D eigenvalue weighted by Crippen LogP contribution is -2.39. The first-order chi connectivity index (χ1) is 9.38. The molecule has 2 fully saturated rings. The minimum absolute atomic E-state index is 0.0523. The molecule has 20 heavy (non-hydrogen) atoms. The minimum Gasteiger partial charge on any atom is -0.473 e. The Hall–Kier alpha value is -0.800. The lowest BCUT2D eigenvalue weighted by atomic mass is 9.70. The van der Waals surface area contributed by atoms with E-state index in [1.54, 1.807) is 12.3 Å². The molecular weight excluding hydrogens is 274 g/mol. The molecule has 3 nitrogen and oxygen atoms in total. The topological polar surface area (TPSA) is 42.4 Å². The van der Waals surface area contributed by atoms with Crippen LogP contribution in [0.25, 0.3) is 0 Å². The molecule has 2 aliphatic carbocycles. The van der Waals surface area contributed by atoms with Crippen LogP contribution >= 0.6 is 11.6 Å². The Balaban J connectivity index is 1.83. The van der Waals surface area contributed by atoms with E-state index in [1.807, 2.05) is 0 Å². The molecule has 0 radical (unpaired) electrons. The molecule has 0 aliphatic heterocycles.